The van der Waals surface area contributed by atoms with Gasteiger partial charge in [-0.1, -0.05) is 25.4 Å². The Kier molecular flexibility index (Phi) is 7.18. The fraction of sp³-hybridized carbons (Fsp3) is 0.750. The molecule has 5 nitrogen and oxygen atoms in total. The van der Waals surface area contributed by atoms with Gasteiger partial charge in [-0.25, -0.2) is 4.79 Å². The predicted molar refractivity (Wildman–Crippen MR) is 64.1 cm³/mol. The van der Waals surface area contributed by atoms with Gasteiger partial charge in [-0.05, 0) is 19.8 Å². The zero-order valence-corrected chi connectivity index (χ0v) is 10.9. The van der Waals surface area contributed by atoms with Crippen molar-refractivity contribution in [2.24, 2.45) is 17.0 Å². The summed E-state index contributed by atoms with van der Waals surface area (Å²) in [6.07, 6.45) is 0.976. The third kappa shape index (κ3) is 4.97. The second-order valence-corrected chi connectivity index (χ2v) is 4.10. The predicted octanol–water partition coefficient (Wildman–Crippen LogP) is 2.02. The molecule has 0 rings (SSSR count). The van der Waals surface area contributed by atoms with E-state index in [2.05, 4.69) is 5.16 Å². The zero-order valence-electron chi connectivity index (χ0n) is 10.9. The topological polar surface area (TPSA) is 76.0 Å². The largest absolute Gasteiger partial charge is 0.461 e. The summed E-state index contributed by atoms with van der Waals surface area (Å²) in [7, 11) is 0. The van der Waals surface area contributed by atoms with Crippen molar-refractivity contribution in [2.45, 2.75) is 40.5 Å². The molecule has 0 amide bonds. The first-order valence-corrected chi connectivity index (χ1v) is 5.86. The standard InChI is InChI=1S/C12H21NO4/c1-5-8(3)10(7-9(4)14)11(13-16)12(15)17-6-2/h8,10,16H,5-7H2,1-4H3/b13-11+. The number of carbonyl (C=O) groups excluding carboxylic acids is 2. The molecule has 0 fully saturated rings. The summed E-state index contributed by atoms with van der Waals surface area (Å²) in [5.74, 6) is -1.00. The third-order valence-corrected chi connectivity index (χ3v) is 2.78. The summed E-state index contributed by atoms with van der Waals surface area (Å²) < 4.78 is 4.81. The molecule has 0 aromatic rings. The smallest absolute Gasteiger partial charge is 0.356 e. The van der Waals surface area contributed by atoms with Crippen LogP contribution in [0.4, 0.5) is 0 Å². The van der Waals surface area contributed by atoms with Crippen LogP contribution >= 0.6 is 0 Å². The summed E-state index contributed by atoms with van der Waals surface area (Å²) in [6.45, 7) is 7.22. The molecule has 0 aliphatic rings. The molecule has 17 heavy (non-hydrogen) atoms. The van der Waals surface area contributed by atoms with Gasteiger partial charge in [0, 0.05) is 12.3 Å². The zero-order chi connectivity index (χ0) is 13.4. The van der Waals surface area contributed by atoms with Crippen molar-refractivity contribution in [3.8, 4) is 0 Å². The monoisotopic (exact) mass is 243 g/mol. The van der Waals surface area contributed by atoms with Crippen molar-refractivity contribution in [3.05, 3.63) is 0 Å². The van der Waals surface area contributed by atoms with Gasteiger partial charge in [0.2, 0.25) is 0 Å². The average molecular weight is 243 g/mol. The Hall–Kier alpha value is -1.39. The summed E-state index contributed by atoms with van der Waals surface area (Å²) >= 11 is 0. The number of hydrogen-bond acceptors (Lipinski definition) is 5. The summed E-state index contributed by atoms with van der Waals surface area (Å²) in [4.78, 5) is 22.8. The van der Waals surface area contributed by atoms with Gasteiger partial charge in [-0.15, -0.1) is 0 Å². The lowest BCUT2D eigenvalue weighted by molar-refractivity contribution is -0.135. The minimum absolute atomic E-state index is 0.0410. The molecule has 1 N–H and O–H groups in total. The lowest BCUT2D eigenvalue weighted by Crippen LogP contribution is -2.32. The van der Waals surface area contributed by atoms with Crippen LogP contribution in [0.2, 0.25) is 0 Å². The molecule has 2 unspecified atom stereocenters. The molecule has 5 heteroatoms. The van der Waals surface area contributed by atoms with E-state index in [-0.39, 0.29) is 36.4 Å². The maximum atomic E-state index is 11.6. The lowest BCUT2D eigenvalue weighted by atomic mass is 9.84. The number of nitrogens with zero attached hydrogens (tertiary/aromatic N) is 1. The molecule has 0 aliphatic heterocycles. The van der Waals surface area contributed by atoms with Crippen LogP contribution in [0.1, 0.15) is 40.5 Å². The summed E-state index contributed by atoms with van der Waals surface area (Å²) in [5, 5.41) is 11.9. The highest BCUT2D eigenvalue weighted by Crippen LogP contribution is 2.22. The molecule has 98 valence electrons. The van der Waals surface area contributed by atoms with E-state index in [9.17, 15) is 9.59 Å². The number of hydrogen-bond donors (Lipinski definition) is 1. The Labute approximate surface area is 102 Å². The molecule has 0 aromatic heterocycles. The van der Waals surface area contributed by atoms with E-state index in [1.165, 1.54) is 6.92 Å². The van der Waals surface area contributed by atoms with Crippen LogP contribution in [0.3, 0.4) is 0 Å². The van der Waals surface area contributed by atoms with Gasteiger partial charge < -0.3 is 14.7 Å². The van der Waals surface area contributed by atoms with Gasteiger partial charge in [0.1, 0.15) is 5.78 Å². The Bertz CT molecular complexity index is 299. The first-order chi connectivity index (χ1) is 7.97. The Morgan fingerprint density at radius 3 is 2.29 bits per heavy atom. The number of ether oxygens (including phenoxy) is 1. The first-order valence-electron chi connectivity index (χ1n) is 5.86. The molecule has 2 atom stereocenters. The number of esters is 1. The molecule has 0 saturated carbocycles. The molecule has 0 aliphatic carbocycles. The Morgan fingerprint density at radius 2 is 1.94 bits per heavy atom. The normalized spacial score (nSPS) is 15.2. The number of carbonyl (C=O) groups is 2. The van der Waals surface area contributed by atoms with Crippen LogP contribution in [-0.4, -0.2) is 29.3 Å². The van der Waals surface area contributed by atoms with E-state index >= 15 is 0 Å². The van der Waals surface area contributed by atoms with Crippen LogP contribution in [0.15, 0.2) is 5.16 Å². The minimum atomic E-state index is -0.651. The number of Topliss-reactive ketones (excluding diaryl/α,β-unsaturated/α-hetero) is 1. The van der Waals surface area contributed by atoms with Crippen LogP contribution in [0, 0.1) is 11.8 Å². The van der Waals surface area contributed by atoms with Crippen LogP contribution in [-0.2, 0) is 14.3 Å². The number of rotatable bonds is 7. The minimum Gasteiger partial charge on any atom is -0.461 e. The molecule has 0 spiro atoms. The summed E-state index contributed by atoms with van der Waals surface area (Å²) in [5.41, 5.74) is -0.0589. The van der Waals surface area contributed by atoms with Crippen molar-refractivity contribution in [2.75, 3.05) is 6.61 Å². The molecule has 0 aromatic carbocycles. The first kappa shape index (κ1) is 15.6. The SMILES string of the molecule is CCOC(=O)/C(=N/O)C(CC(C)=O)C(C)CC. The van der Waals surface area contributed by atoms with Gasteiger partial charge in [-0.3, -0.25) is 0 Å². The van der Waals surface area contributed by atoms with Crippen LogP contribution in [0.5, 0.6) is 0 Å². The average Bonchev–Trinajstić information content (AvgIpc) is 2.27. The van der Waals surface area contributed by atoms with Gasteiger partial charge in [-0.2, -0.15) is 0 Å². The van der Waals surface area contributed by atoms with Crippen molar-refractivity contribution >= 4 is 17.5 Å². The third-order valence-electron chi connectivity index (χ3n) is 2.78. The molecule has 0 heterocycles. The quantitative estimate of drug-likeness (QED) is 0.321. The maximum Gasteiger partial charge on any atom is 0.356 e. The van der Waals surface area contributed by atoms with Crippen LogP contribution in [0.25, 0.3) is 0 Å². The molecular weight excluding hydrogens is 222 g/mol. The van der Waals surface area contributed by atoms with Gasteiger partial charge in [0.15, 0.2) is 5.71 Å². The maximum absolute atomic E-state index is 11.6. The second-order valence-electron chi connectivity index (χ2n) is 4.10. The van der Waals surface area contributed by atoms with E-state index in [1.54, 1.807) is 6.92 Å². The van der Waals surface area contributed by atoms with Gasteiger partial charge >= 0.3 is 5.97 Å². The summed E-state index contributed by atoms with van der Waals surface area (Å²) in [6, 6.07) is 0. The number of oxime groups is 1. The lowest BCUT2D eigenvalue weighted by Gasteiger charge is -2.21. The van der Waals surface area contributed by atoms with Gasteiger partial charge in [0.05, 0.1) is 6.61 Å². The fourth-order valence-electron chi connectivity index (χ4n) is 1.63. The van der Waals surface area contributed by atoms with Crippen molar-refractivity contribution in [1.82, 2.24) is 0 Å². The molecular formula is C12H21NO4. The van der Waals surface area contributed by atoms with Gasteiger partial charge in [0.25, 0.3) is 0 Å². The van der Waals surface area contributed by atoms with Crippen molar-refractivity contribution in [3.63, 3.8) is 0 Å². The highest BCUT2D eigenvalue weighted by molar-refractivity contribution is 6.37. The Morgan fingerprint density at radius 1 is 1.35 bits per heavy atom. The van der Waals surface area contributed by atoms with Crippen molar-refractivity contribution in [1.29, 1.82) is 0 Å². The van der Waals surface area contributed by atoms with E-state index in [0.717, 1.165) is 6.42 Å². The van der Waals surface area contributed by atoms with E-state index in [1.807, 2.05) is 13.8 Å². The highest BCUT2D eigenvalue weighted by Gasteiger charge is 2.30. The molecule has 0 radical (unpaired) electrons. The van der Waals surface area contributed by atoms with Crippen LogP contribution < -0.4 is 0 Å². The fourth-order valence-corrected chi connectivity index (χ4v) is 1.63. The van der Waals surface area contributed by atoms with E-state index in [4.69, 9.17) is 9.94 Å². The van der Waals surface area contributed by atoms with Crippen molar-refractivity contribution < 1.29 is 19.5 Å². The van der Waals surface area contributed by atoms with E-state index < -0.39 is 5.97 Å². The Balaban J connectivity index is 4.98. The number of ketones is 1. The molecule has 0 saturated heterocycles. The van der Waals surface area contributed by atoms with E-state index in [0.29, 0.717) is 0 Å². The second kappa shape index (κ2) is 7.81. The highest BCUT2D eigenvalue weighted by atomic mass is 16.5. The molecule has 0 bridgehead atoms.